The van der Waals surface area contributed by atoms with Crippen LogP contribution in [0.2, 0.25) is 0 Å². The van der Waals surface area contributed by atoms with Crippen molar-refractivity contribution in [3.8, 4) is 5.75 Å². The first-order valence-corrected chi connectivity index (χ1v) is 6.25. The van der Waals surface area contributed by atoms with Crippen LogP contribution in [0.3, 0.4) is 0 Å². The lowest BCUT2D eigenvalue weighted by molar-refractivity contribution is 0.0701. The molecule has 0 radical (unpaired) electrons. The molecular formula is C13H13NO3S. The maximum atomic E-state index is 11.1. The molecule has 0 atom stereocenters. The van der Waals surface area contributed by atoms with Crippen LogP contribution in [-0.4, -0.2) is 23.2 Å². The second-order valence-corrected chi connectivity index (χ2v) is 5.01. The summed E-state index contributed by atoms with van der Waals surface area (Å²) in [6.07, 6.45) is 0.468. The maximum Gasteiger partial charge on any atom is 0.347 e. The Labute approximate surface area is 109 Å². The van der Waals surface area contributed by atoms with Gasteiger partial charge in [0.05, 0.1) is 17.8 Å². The van der Waals surface area contributed by atoms with E-state index in [0.29, 0.717) is 17.0 Å². The molecule has 0 fully saturated rings. The Morgan fingerprint density at radius 2 is 2.17 bits per heavy atom. The number of hydrogen-bond donors (Lipinski definition) is 1. The molecule has 1 aromatic carbocycles. The predicted molar refractivity (Wildman–Crippen MR) is 69.6 cm³/mol. The summed E-state index contributed by atoms with van der Waals surface area (Å²) in [6, 6.07) is 7.55. The molecule has 1 heterocycles. The average molecular weight is 263 g/mol. The molecule has 2 aromatic rings. The molecule has 1 aromatic heterocycles. The summed E-state index contributed by atoms with van der Waals surface area (Å²) < 4.78 is 5.25. The molecule has 0 amide bonds. The number of carbonyl (C=O) groups is 1. The highest BCUT2D eigenvalue weighted by atomic mass is 32.1. The Hall–Kier alpha value is -1.88. The Balaban J connectivity index is 2.36. The number of benzene rings is 1. The number of carboxylic acid groups (broad SMARTS) is 1. The first-order chi connectivity index (χ1) is 8.61. The van der Waals surface area contributed by atoms with Crippen LogP contribution in [0.15, 0.2) is 24.3 Å². The van der Waals surface area contributed by atoms with Gasteiger partial charge in [-0.25, -0.2) is 9.78 Å². The maximum absolute atomic E-state index is 11.1. The zero-order valence-corrected chi connectivity index (χ0v) is 11.0. The van der Waals surface area contributed by atoms with Crippen molar-refractivity contribution in [3.05, 3.63) is 45.4 Å². The van der Waals surface area contributed by atoms with E-state index in [9.17, 15) is 4.79 Å². The number of carboxylic acids is 1. The molecule has 0 unspecified atom stereocenters. The average Bonchev–Trinajstić information content (AvgIpc) is 2.71. The number of aromatic nitrogens is 1. The van der Waals surface area contributed by atoms with Crippen molar-refractivity contribution in [1.29, 1.82) is 0 Å². The Morgan fingerprint density at radius 3 is 2.83 bits per heavy atom. The summed E-state index contributed by atoms with van der Waals surface area (Å²) in [7, 11) is 1.60. The normalized spacial score (nSPS) is 10.3. The fourth-order valence-electron chi connectivity index (χ4n) is 1.79. The monoisotopic (exact) mass is 263 g/mol. The largest absolute Gasteiger partial charge is 0.496 e. The number of ether oxygens (including phenoxy) is 1. The van der Waals surface area contributed by atoms with Gasteiger partial charge in [-0.15, -0.1) is 11.3 Å². The number of nitrogens with zero attached hydrogens (tertiary/aromatic N) is 1. The minimum absolute atomic E-state index is 0.304. The molecule has 18 heavy (non-hydrogen) atoms. The summed E-state index contributed by atoms with van der Waals surface area (Å²) in [5, 5.41) is 9.88. The first kappa shape index (κ1) is 12.6. The molecular weight excluding hydrogens is 250 g/mol. The fraction of sp³-hybridized carbons (Fsp3) is 0.231. The molecule has 2 rings (SSSR count). The predicted octanol–water partition coefficient (Wildman–Crippen LogP) is 2.75. The van der Waals surface area contributed by atoms with Crippen molar-refractivity contribution >= 4 is 17.3 Å². The Bertz CT molecular complexity index is 577. The number of methoxy groups -OCH3 is 1. The van der Waals surface area contributed by atoms with Gasteiger partial charge in [-0.05, 0) is 13.0 Å². The lowest BCUT2D eigenvalue weighted by atomic mass is 10.1. The van der Waals surface area contributed by atoms with Gasteiger partial charge in [-0.2, -0.15) is 0 Å². The molecule has 0 spiro atoms. The topological polar surface area (TPSA) is 59.4 Å². The third kappa shape index (κ3) is 2.51. The molecule has 0 saturated heterocycles. The summed E-state index contributed by atoms with van der Waals surface area (Å²) in [5.41, 5.74) is 1.53. The van der Waals surface area contributed by atoms with Crippen LogP contribution in [-0.2, 0) is 6.42 Å². The van der Waals surface area contributed by atoms with Crippen molar-refractivity contribution in [2.75, 3.05) is 7.11 Å². The van der Waals surface area contributed by atoms with E-state index in [1.54, 1.807) is 7.11 Å². The quantitative estimate of drug-likeness (QED) is 0.921. The zero-order chi connectivity index (χ0) is 13.1. The molecule has 0 aliphatic heterocycles. The van der Waals surface area contributed by atoms with Gasteiger partial charge < -0.3 is 9.84 Å². The second-order valence-electron chi connectivity index (χ2n) is 3.80. The summed E-state index contributed by atoms with van der Waals surface area (Å²) in [4.78, 5) is 15.7. The number of para-hydroxylation sites is 1. The van der Waals surface area contributed by atoms with Crippen LogP contribution in [0.1, 0.15) is 25.9 Å². The van der Waals surface area contributed by atoms with Crippen LogP contribution >= 0.6 is 11.3 Å². The van der Waals surface area contributed by atoms with Gasteiger partial charge in [0.25, 0.3) is 0 Å². The van der Waals surface area contributed by atoms with Crippen molar-refractivity contribution in [1.82, 2.24) is 4.98 Å². The minimum atomic E-state index is -0.925. The minimum Gasteiger partial charge on any atom is -0.496 e. The highest BCUT2D eigenvalue weighted by Crippen LogP contribution is 2.25. The van der Waals surface area contributed by atoms with E-state index in [-0.39, 0.29) is 0 Å². The highest BCUT2D eigenvalue weighted by Gasteiger charge is 2.17. The molecule has 0 bridgehead atoms. The number of hydrogen-bond acceptors (Lipinski definition) is 4. The number of aryl methyl sites for hydroxylation is 1. The van der Waals surface area contributed by atoms with Gasteiger partial charge in [-0.3, -0.25) is 0 Å². The fourth-order valence-corrected chi connectivity index (χ4v) is 2.56. The SMILES string of the molecule is COc1ccccc1Cc1nc(C)sc1C(=O)O. The van der Waals surface area contributed by atoms with E-state index in [0.717, 1.165) is 16.3 Å². The summed E-state index contributed by atoms with van der Waals surface area (Å²) in [6.45, 7) is 1.81. The van der Waals surface area contributed by atoms with Crippen LogP contribution in [0.25, 0.3) is 0 Å². The van der Waals surface area contributed by atoms with Gasteiger partial charge in [0.1, 0.15) is 10.6 Å². The van der Waals surface area contributed by atoms with E-state index < -0.39 is 5.97 Å². The Morgan fingerprint density at radius 1 is 1.44 bits per heavy atom. The van der Waals surface area contributed by atoms with Gasteiger partial charge >= 0.3 is 5.97 Å². The van der Waals surface area contributed by atoms with Crippen molar-refractivity contribution in [2.24, 2.45) is 0 Å². The number of thiazole rings is 1. The zero-order valence-electron chi connectivity index (χ0n) is 10.1. The lowest BCUT2D eigenvalue weighted by Crippen LogP contribution is -2.01. The van der Waals surface area contributed by atoms with Crippen molar-refractivity contribution < 1.29 is 14.6 Å². The number of aromatic carboxylic acids is 1. The van der Waals surface area contributed by atoms with Gasteiger partial charge in [0, 0.05) is 12.0 Å². The Kier molecular flexibility index (Phi) is 3.62. The number of rotatable bonds is 4. The van der Waals surface area contributed by atoms with Crippen molar-refractivity contribution in [2.45, 2.75) is 13.3 Å². The van der Waals surface area contributed by atoms with E-state index in [4.69, 9.17) is 9.84 Å². The molecule has 94 valence electrons. The molecule has 0 saturated carbocycles. The summed E-state index contributed by atoms with van der Waals surface area (Å²) >= 11 is 1.20. The lowest BCUT2D eigenvalue weighted by Gasteiger charge is -2.06. The van der Waals surface area contributed by atoms with Crippen LogP contribution in [0.4, 0.5) is 0 Å². The first-order valence-electron chi connectivity index (χ1n) is 5.43. The smallest absolute Gasteiger partial charge is 0.347 e. The molecule has 0 aliphatic carbocycles. The highest BCUT2D eigenvalue weighted by molar-refractivity contribution is 7.13. The van der Waals surface area contributed by atoms with Crippen LogP contribution in [0, 0.1) is 6.92 Å². The van der Waals surface area contributed by atoms with Crippen LogP contribution in [0.5, 0.6) is 5.75 Å². The standard InChI is InChI=1S/C13H13NO3S/c1-8-14-10(12(18-8)13(15)16)7-9-5-3-4-6-11(9)17-2/h3-6H,7H2,1-2H3,(H,15,16). The van der Waals surface area contributed by atoms with Crippen LogP contribution < -0.4 is 4.74 Å². The van der Waals surface area contributed by atoms with E-state index >= 15 is 0 Å². The third-order valence-corrected chi connectivity index (χ3v) is 3.55. The third-order valence-electron chi connectivity index (χ3n) is 2.55. The molecule has 5 heteroatoms. The second kappa shape index (κ2) is 5.18. The van der Waals surface area contributed by atoms with E-state index in [1.165, 1.54) is 11.3 Å². The molecule has 4 nitrogen and oxygen atoms in total. The van der Waals surface area contributed by atoms with Gasteiger partial charge in [-0.1, -0.05) is 18.2 Å². The van der Waals surface area contributed by atoms with E-state index in [2.05, 4.69) is 4.98 Å². The van der Waals surface area contributed by atoms with Gasteiger partial charge in [0.2, 0.25) is 0 Å². The van der Waals surface area contributed by atoms with E-state index in [1.807, 2.05) is 31.2 Å². The van der Waals surface area contributed by atoms with Crippen molar-refractivity contribution in [3.63, 3.8) is 0 Å². The molecule has 1 N–H and O–H groups in total. The molecule has 0 aliphatic rings. The summed E-state index contributed by atoms with van der Waals surface area (Å²) in [5.74, 6) is -0.176. The van der Waals surface area contributed by atoms with Gasteiger partial charge in [0.15, 0.2) is 0 Å².